The average molecular weight is 268 g/mol. The molecule has 2 aromatic carbocycles. The van der Waals surface area contributed by atoms with Gasteiger partial charge in [0.05, 0.1) is 0 Å². The van der Waals surface area contributed by atoms with Crippen LogP contribution < -0.4 is 10.1 Å². The summed E-state index contributed by atoms with van der Waals surface area (Å²) in [6.45, 7) is 7.40. The van der Waals surface area contributed by atoms with Crippen molar-refractivity contribution in [1.82, 2.24) is 0 Å². The lowest BCUT2D eigenvalue weighted by atomic mass is 10.1. The molecular weight excluding hydrogens is 246 g/mol. The molecule has 0 aliphatic carbocycles. The van der Waals surface area contributed by atoms with Crippen molar-refractivity contribution in [3.05, 3.63) is 78.4 Å². The zero-order valence-electron chi connectivity index (χ0n) is 12.0. The molecule has 1 atom stereocenters. The van der Waals surface area contributed by atoms with E-state index in [1.54, 1.807) is 6.08 Å². The summed E-state index contributed by atoms with van der Waals surface area (Å²) in [7, 11) is 0. The normalized spacial score (nSPS) is 11.8. The highest BCUT2D eigenvalue weighted by molar-refractivity contribution is 5.27. The lowest BCUT2D eigenvalue weighted by Crippen LogP contribution is -2.83. The SMILES string of the molecule is C=CCOc1ccc(C[NH2+][C@H](C)c2ccccc2)cc1. The van der Waals surface area contributed by atoms with E-state index in [-0.39, 0.29) is 0 Å². The molecule has 2 nitrogen and oxygen atoms in total. The van der Waals surface area contributed by atoms with Crippen molar-refractivity contribution < 1.29 is 10.1 Å². The van der Waals surface area contributed by atoms with Crippen molar-refractivity contribution >= 4 is 0 Å². The molecule has 0 amide bonds. The van der Waals surface area contributed by atoms with Gasteiger partial charge >= 0.3 is 0 Å². The Balaban J connectivity index is 1.86. The molecule has 2 aromatic rings. The number of benzene rings is 2. The maximum atomic E-state index is 5.48. The molecule has 0 heterocycles. The van der Waals surface area contributed by atoms with Crippen LogP contribution in [-0.2, 0) is 6.54 Å². The van der Waals surface area contributed by atoms with E-state index in [1.807, 2.05) is 12.1 Å². The average Bonchev–Trinajstić information content (AvgIpc) is 2.52. The summed E-state index contributed by atoms with van der Waals surface area (Å²) in [5.74, 6) is 0.893. The van der Waals surface area contributed by atoms with Crippen LogP contribution in [-0.4, -0.2) is 6.61 Å². The summed E-state index contributed by atoms with van der Waals surface area (Å²) in [5.41, 5.74) is 2.66. The maximum Gasteiger partial charge on any atom is 0.119 e. The molecule has 2 rings (SSSR count). The number of nitrogens with two attached hydrogens (primary N) is 1. The highest BCUT2D eigenvalue weighted by Crippen LogP contribution is 2.12. The summed E-state index contributed by atoms with van der Waals surface area (Å²) in [4.78, 5) is 0. The standard InChI is InChI=1S/C18H21NO/c1-3-13-20-18-11-9-16(10-12-18)14-19-15(2)17-7-5-4-6-8-17/h3-12,15,19H,1,13-14H2,2H3/p+1/t15-/m1/s1. The van der Waals surface area contributed by atoms with Gasteiger partial charge in [0, 0.05) is 11.1 Å². The Hall–Kier alpha value is -2.06. The Kier molecular flexibility index (Phi) is 5.39. The molecule has 0 aliphatic heterocycles. The number of hydrogen-bond donors (Lipinski definition) is 1. The van der Waals surface area contributed by atoms with Crippen LogP contribution in [0.5, 0.6) is 5.75 Å². The molecule has 104 valence electrons. The van der Waals surface area contributed by atoms with Crippen LogP contribution in [0.4, 0.5) is 0 Å². The van der Waals surface area contributed by atoms with Gasteiger partial charge in [-0.1, -0.05) is 43.0 Å². The summed E-state index contributed by atoms with van der Waals surface area (Å²) in [6, 6.07) is 19.3. The summed E-state index contributed by atoms with van der Waals surface area (Å²) < 4.78 is 5.48. The third-order valence-corrected chi connectivity index (χ3v) is 3.32. The van der Waals surface area contributed by atoms with Crippen LogP contribution in [0.25, 0.3) is 0 Å². The second-order valence-electron chi connectivity index (χ2n) is 4.88. The van der Waals surface area contributed by atoms with Gasteiger partial charge in [0.2, 0.25) is 0 Å². The fraction of sp³-hybridized carbons (Fsp3) is 0.222. The van der Waals surface area contributed by atoms with Crippen LogP contribution in [0.15, 0.2) is 67.3 Å². The molecule has 20 heavy (non-hydrogen) atoms. The second-order valence-corrected chi connectivity index (χ2v) is 4.88. The zero-order chi connectivity index (χ0) is 14.2. The third kappa shape index (κ3) is 4.25. The van der Waals surface area contributed by atoms with Crippen molar-refractivity contribution in [2.45, 2.75) is 19.5 Å². The first-order valence-electron chi connectivity index (χ1n) is 7.00. The van der Waals surface area contributed by atoms with Gasteiger partial charge < -0.3 is 10.1 Å². The second kappa shape index (κ2) is 7.51. The topological polar surface area (TPSA) is 25.8 Å². The molecule has 0 aliphatic rings. The first-order chi connectivity index (χ1) is 9.79. The maximum absolute atomic E-state index is 5.48. The van der Waals surface area contributed by atoms with E-state index in [0.717, 1.165) is 12.3 Å². The first-order valence-corrected chi connectivity index (χ1v) is 7.00. The minimum atomic E-state index is 0.466. The summed E-state index contributed by atoms with van der Waals surface area (Å²) >= 11 is 0. The predicted octanol–water partition coefficient (Wildman–Crippen LogP) is 3.08. The number of ether oxygens (including phenoxy) is 1. The van der Waals surface area contributed by atoms with Crippen LogP contribution in [0, 0.1) is 0 Å². The number of quaternary nitrogens is 1. The molecule has 0 bridgehead atoms. The van der Waals surface area contributed by atoms with Gasteiger partial charge in [0.15, 0.2) is 0 Å². The quantitative estimate of drug-likeness (QED) is 0.767. The Bertz CT molecular complexity index is 519. The van der Waals surface area contributed by atoms with Crippen molar-refractivity contribution in [2.75, 3.05) is 6.61 Å². The third-order valence-electron chi connectivity index (χ3n) is 3.32. The van der Waals surface area contributed by atoms with Gasteiger partial charge in [-0.15, -0.1) is 0 Å². The fourth-order valence-corrected chi connectivity index (χ4v) is 2.08. The van der Waals surface area contributed by atoms with E-state index in [1.165, 1.54) is 11.1 Å². The van der Waals surface area contributed by atoms with Crippen molar-refractivity contribution in [3.63, 3.8) is 0 Å². The lowest BCUT2D eigenvalue weighted by molar-refractivity contribution is -0.707. The van der Waals surface area contributed by atoms with Crippen LogP contribution >= 0.6 is 0 Å². The molecular formula is C18H22NO+. The van der Waals surface area contributed by atoms with Gasteiger partial charge in [-0.25, -0.2) is 0 Å². The molecule has 0 spiro atoms. The molecule has 0 saturated carbocycles. The van der Waals surface area contributed by atoms with Crippen LogP contribution in [0.3, 0.4) is 0 Å². The minimum absolute atomic E-state index is 0.466. The largest absolute Gasteiger partial charge is 0.490 e. The van der Waals surface area contributed by atoms with Gasteiger partial charge in [0.1, 0.15) is 24.9 Å². The van der Waals surface area contributed by atoms with Crippen LogP contribution in [0.2, 0.25) is 0 Å². The van der Waals surface area contributed by atoms with Crippen molar-refractivity contribution in [3.8, 4) is 5.75 Å². The molecule has 2 heteroatoms. The minimum Gasteiger partial charge on any atom is -0.490 e. The first kappa shape index (κ1) is 14.4. The Morgan fingerprint density at radius 2 is 1.80 bits per heavy atom. The Morgan fingerprint density at radius 3 is 2.45 bits per heavy atom. The Morgan fingerprint density at radius 1 is 1.10 bits per heavy atom. The van der Waals surface area contributed by atoms with E-state index in [4.69, 9.17) is 4.74 Å². The smallest absolute Gasteiger partial charge is 0.119 e. The van der Waals surface area contributed by atoms with Gasteiger partial charge in [-0.3, -0.25) is 0 Å². The predicted molar refractivity (Wildman–Crippen MR) is 82.6 cm³/mol. The number of rotatable bonds is 7. The highest BCUT2D eigenvalue weighted by atomic mass is 16.5. The molecule has 0 unspecified atom stereocenters. The van der Waals surface area contributed by atoms with Crippen molar-refractivity contribution in [1.29, 1.82) is 0 Å². The number of hydrogen-bond acceptors (Lipinski definition) is 1. The van der Waals surface area contributed by atoms with Gasteiger partial charge in [-0.2, -0.15) is 0 Å². The Labute approximate surface area is 121 Å². The molecule has 2 N–H and O–H groups in total. The zero-order valence-corrected chi connectivity index (χ0v) is 12.0. The van der Waals surface area contributed by atoms with Crippen molar-refractivity contribution in [2.24, 2.45) is 0 Å². The molecule has 0 aromatic heterocycles. The van der Waals surface area contributed by atoms with Crippen LogP contribution in [0.1, 0.15) is 24.1 Å². The van der Waals surface area contributed by atoms with E-state index in [2.05, 4.69) is 61.3 Å². The van der Waals surface area contributed by atoms with E-state index >= 15 is 0 Å². The monoisotopic (exact) mass is 268 g/mol. The molecule has 0 radical (unpaired) electrons. The lowest BCUT2D eigenvalue weighted by Gasteiger charge is -2.11. The fourth-order valence-electron chi connectivity index (χ4n) is 2.08. The highest BCUT2D eigenvalue weighted by Gasteiger charge is 2.07. The van der Waals surface area contributed by atoms with Gasteiger partial charge in [-0.05, 0) is 31.2 Å². The van der Waals surface area contributed by atoms with E-state index in [9.17, 15) is 0 Å². The van der Waals surface area contributed by atoms with Gasteiger partial charge in [0.25, 0.3) is 0 Å². The molecule has 0 saturated heterocycles. The summed E-state index contributed by atoms with van der Waals surface area (Å²) in [6.07, 6.45) is 1.75. The van der Waals surface area contributed by atoms with E-state index < -0.39 is 0 Å². The molecule has 0 fully saturated rings. The van der Waals surface area contributed by atoms with E-state index in [0.29, 0.717) is 12.6 Å². The summed E-state index contributed by atoms with van der Waals surface area (Å²) in [5, 5.41) is 2.34.